The minimum atomic E-state index is -1.18. The van der Waals surface area contributed by atoms with Crippen LogP contribution < -0.4 is 4.74 Å². The van der Waals surface area contributed by atoms with Crippen LogP contribution in [-0.4, -0.2) is 68.7 Å². The summed E-state index contributed by atoms with van der Waals surface area (Å²) in [6.07, 6.45) is 3.16. The first kappa shape index (κ1) is 37.1. The van der Waals surface area contributed by atoms with Crippen LogP contribution in [0.15, 0.2) is 12.1 Å². The van der Waals surface area contributed by atoms with E-state index in [9.17, 15) is 29.7 Å². The molecule has 0 amide bonds. The van der Waals surface area contributed by atoms with Crippen molar-refractivity contribution < 1.29 is 43.9 Å². The minimum Gasteiger partial charge on any atom is -0.478 e. The van der Waals surface area contributed by atoms with Crippen molar-refractivity contribution >= 4 is 17.7 Å². The molecule has 9 heteroatoms. The Morgan fingerprint density at radius 1 is 1.11 bits per heavy atom. The fourth-order valence-electron chi connectivity index (χ4n) is 7.71. The highest BCUT2D eigenvalue weighted by molar-refractivity contribution is 5.94. The van der Waals surface area contributed by atoms with Crippen LogP contribution in [0.1, 0.15) is 122 Å². The maximum absolute atomic E-state index is 14.0. The number of hydrogen-bond acceptors (Lipinski definition) is 8. The van der Waals surface area contributed by atoms with E-state index in [1.54, 1.807) is 26.0 Å². The van der Waals surface area contributed by atoms with Crippen LogP contribution in [0.4, 0.5) is 0 Å². The van der Waals surface area contributed by atoms with Crippen LogP contribution in [0, 0.1) is 30.6 Å². The number of rotatable bonds is 14. The molecule has 0 aromatic heterocycles. The van der Waals surface area contributed by atoms with Gasteiger partial charge in [-0.3, -0.25) is 9.59 Å². The standard InChI is InChI=1S/C36H56O9/c1-10-27(32-22(6)19-36(12-3,45-32)28-17-18-35(42,11-2)24(8)43-28)31(39)23(7)30(38)20(4)13-15-26-16-14-21(5)33(44-25(9)37)29(26)34(40)41/h14,16,20,22-24,27-28,30,32,38,42H,10-13,15,17-19H2,1-9H3,(H,40,41). The molecule has 2 saturated heterocycles. The van der Waals surface area contributed by atoms with Crippen LogP contribution >= 0.6 is 0 Å². The Balaban J connectivity index is 1.71. The number of benzene rings is 1. The predicted octanol–water partition coefficient (Wildman–Crippen LogP) is 6.06. The highest BCUT2D eigenvalue weighted by atomic mass is 16.6. The smallest absolute Gasteiger partial charge is 0.339 e. The molecule has 0 aliphatic carbocycles. The molecule has 9 nitrogen and oxygen atoms in total. The molecule has 1 aromatic carbocycles. The van der Waals surface area contributed by atoms with Gasteiger partial charge in [-0.2, -0.15) is 0 Å². The number of Topliss-reactive ketones (excluding diaryl/α,β-unsaturated/α-hetero) is 1. The van der Waals surface area contributed by atoms with Gasteiger partial charge in [-0.25, -0.2) is 4.79 Å². The summed E-state index contributed by atoms with van der Waals surface area (Å²) in [6, 6.07) is 3.44. The maximum Gasteiger partial charge on any atom is 0.339 e. The van der Waals surface area contributed by atoms with Crippen LogP contribution in [-0.2, 0) is 25.5 Å². The van der Waals surface area contributed by atoms with E-state index >= 15 is 0 Å². The van der Waals surface area contributed by atoms with Crippen molar-refractivity contribution in [3.63, 3.8) is 0 Å². The van der Waals surface area contributed by atoms with E-state index in [1.165, 1.54) is 6.92 Å². The second-order valence-corrected chi connectivity index (χ2v) is 13.8. The molecule has 3 N–H and O–H groups in total. The van der Waals surface area contributed by atoms with Gasteiger partial charge >= 0.3 is 11.9 Å². The number of carbonyl (C=O) groups excluding carboxylic acids is 2. The molecule has 254 valence electrons. The molecule has 10 atom stereocenters. The molecule has 2 aliphatic rings. The summed E-state index contributed by atoms with van der Waals surface area (Å²) in [4.78, 5) is 37.7. The molecule has 0 bridgehead atoms. The molecular weight excluding hydrogens is 576 g/mol. The lowest BCUT2D eigenvalue weighted by molar-refractivity contribution is -0.229. The molecule has 2 aliphatic heterocycles. The van der Waals surface area contributed by atoms with Crippen LogP contribution in [0.3, 0.4) is 0 Å². The van der Waals surface area contributed by atoms with Crippen molar-refractivity contribution in [2.24, 2.45) is 23.7 Å². The monoisotopic (exact) mass is 632 g/mol. The van der Waals surface area contributed by atoms with Gasteiger partial charge in [0.1, 0.15) is 17.1 Å². The Bertz CT molecular complexity index is 1210. The van der Waals surface area contributed by atoms with E-state index in [0.29, 0.717) is 49.7 Å². The summed E-state index contributed by atoms with van der Waals surface area (Å²) in [7, 11) is 0. The van der Waals surface area contributed by atoms with Crippen molar-refractivity contribution in [3.8, 4) is 5.75 Å². The summed E-state index contributed by atoms with van der Waals surface area (Å²) in [5.41, 5.74) is -0.360. The zero-order valence-electron chi connectivity index (χ0n) is 28.7. The molecule has 10 unspecified atom stereocenters. The minimum absolute atomic E-state index is 0.0300. The molecule has 2 fully saturated rings. The molecule has 0 spiro atoms. The first-order valence-corrected chi connectivity index (χ1v) is 16.9. The molecule has 1 aromatic rings. The van der Waals surface area contributed by atoms with Crippen LogP contribution in [0.5, 0.6) is 5.75 Å². The van der Waals surface area contributed by atoms with Gasteiger partial charge in [0.05, 0.1) is 35.6 Å². The fraction of sp³-hybridized carbons (Fsp3) is 0.750. The molecule has 45 heavy (non-hydrogen) atoms. The Morgan fingerprint density at radius 2 is 1.78 bits per heavy atom. The predicted molar refractivity (Wildman–Crippen MR) is 171 cm³/mol. The van der Waals surface area contributed by atoms with Crippen molar-refractivity contribution in [1.82, 2.24) is 0 Å². The van der Waals surface area contributed by atoms with E-state index in [4.69, 9.17) is 14.2 Å². The number of ether oxygens (including phenoxy) is 3. The highest BCUT2D eigenvalue weighted by Crippen LogP contribution is 2.48. The Morgan fingerprint density at radius 3 is 2.31 bits per heavy atom. The van der Waals surface area contributed by atoms with Gasteiger partial charge in [0, 0.05) is 18.8 Å². The van der Waals surface area contributed by atoms with Crippen molar-refractivity contribution in [3.05, 3.63) is 28.8 Å². The van der Waals surface area contributed by atoms with Gasteiger partial charge in [-0.05, 0) is 88.2 Å². The molecule has 3 rings (SSSR count). The zero-order valence-corrected chi connectivity index (χ0v) is 28.7. The number of ketones is 1. The van der Waals surface area contributed by atoms with Crippen molar-refractivity contribution in [2.45, 2.75) is 149 Å². The van der Waals surface area contributed by atoms with Gasteiger partial charge in [-0.1, -0.05) is 53.7 Å². The zero-order chi connectivity index (χ0) is 33.9. The third kappa shape index (κ3) is 7.80. The summed E-state index contributed by atoms with van der Waals surface area (Å²) in [6.45, 7) is 16.7. The SMILES string of the molecule is CCC(C(=O)C(C)C(O)C(C)CCc1ccc(C)c(OC(C)=O)c1C(=O)O)C1OC(CC)(C2CCC(O)(CC)C(C)O2)CC1C. The van der Waals surface area contributed by atoms with Crippen molar-refractivity contribution in [1.29, 1.82) is 0 Å². The van der Waals surface area contributed by atoms with E-state index in [0.717, 1.165) is 12.8 Å². The average molecular weight is 633 g/mol. The molecule has 2 heterocycles. The molecular formula is C36H56O9. The van der Waals surface area contributed by atoms with Gasteiger partial charge in [-0.15, -0.1) is 0 Å². The van der Waals surface area contributed by atoms with Crippen LogP contribution in [0.25, 0.3) is 0 Å². The Labute approximate surface area is 269 Å². The first-order chi connectivity index (χ1) is 21.0. The molecule has 0 saturated carbocycles. The number of aliphatic hydroxyl groups is 2. The lowest BCUT2D eigenvalue weighted by atomic mass is 9.76. The summed E-state index contributed by atoms with van der Waals surface area (Å²) < 4.78 is 18.5. The van der Waals surface area contributed by atoms with E-state index < -0.39 is 35.2 Å². The van der Waals surface area contributed by atoms with Crippen molar-refractivity contribution in [2.75, 3.05) is 0 Å². The lowest BCUT2D eigenvalue weighted by Crippen LogP contribution is -2.55. The van der Waals surface area contributed by atoms with E-state index in [1.807, 2.05) is 27.7 Å². The number of aromatic carboxylic acids is 1. The van der Waals surface area contributed by atoms with Gasteiger partial charge in [0.15, 0.2) is 0 Å². The summed E-state index contributed by atoms with van der Waals surface area (Å²) in [5, 5.41) is 32.2. The maximum atomic E-state index is 14.0. The van der Waals surface area contributed by atoms with Gasteiger partial charge in [0.2, 0.25) is 0 Å². The number of aryl methyl sites for hydroxylation is 2. The van der Waals surface area contributed by atoms with Crippen LogP contribution in [0.2, 0.25) is 0 Å². The van der Waals surface area contributed by atoms with E-state index in [2.05, 4.69) is 13.8 Å². The second-order valence-electron chi connectivity index (χ2n) is 13.8. The number of carboxylic acid groups (broad SMARTS) is 1. The number of carboxylic acids is 1. The summed E-state index contributed by atoms with van der Waals surface area (Å²) in [5.74, 6) is -2.98. The van der Waals surface area contributed by atoms with Gasteiger partial charge in [0.25, 0.3) is 0 Å². The summed E-state index contributed by atoms with van der Waals surface area (Å²) >= 11 is 0. The largest absolute Gasteiger partial charge is 0.478 e. The van der Waals surface area contributed by atoms with E-state index in [-0.39, 0.29) is 53.2 Å². The third-order valence-electron chi connectivity index (χ3n) is 10.9. The second kappa shape index (κ2) is 15.1. The Kier molecular flexibility index (Phi) is 12.4. The quantitative estimate of drug-likeness (QED) is 0.165. The van der Waals surface area contributed by atoms with Gasteiger partial charge < -0.3 is 29.5 Å². The molecule has 0 radical (unpaired) electrons. The number of carbonyl (C=O) groups is 3. The average Bonchev–Trinajstić information content (AvgIpc) is 3.34. The first-order valence-electron chi connectivity index (χ1n) is 16.9. The third-order valence-corrected chi connectivity index (χ3v) is 10.9. The lowest BCUT2D eigenvalue weighted by Gasteiger charge is -2.47. The number of aliphatic hydroxyl groups excluding tert-OH is 1. The topological polar surface area (TPSA) is 140 Å². The normalized spacial score (nSPS) is 31.2. The fourth-order valence-corrected chi connectivity index (χ4v) is 7.71. The number of hydrogen-bond donors (Lipinski definition) is 3. The highest BCUT2D eigenvalue weighted by Gasteiger charge is 2.55. The number of esters is 1. The Hall–Kier alpha value is -2.33.